The number of phenols is 1. The monoisotopic (exact) mass is 257 g/mol. The zero-order valence-electron chi connectivity index (χ0n) is 10.8. The summed E-state index contributed by atoms with van der Waals surface area (Å²) in [4.78, 5) is 2.17. The van der Waals surface area contributed by atoms with Gasteiger partial charge in [-0.1, -0.05) is 6.07 Å². The maximum Gasteiger partial charge on any atom is 0.123 e. The van der Waals surface area contributed by atoms with Crippen molar-refractivity contribution in [3.63, 3.8) is 0 Å². The molecule has 1 N–H and O–H groups in total. The SMILES string of the molecule is CN(c1ccc(F)cc1)C1CCc2cc(O)ccc21. The largest absolute Gasteiger partial charge is 0.508 e. The highest BCUT2D eigenvalue weighted by molar-refractivity contribution is 5.51. The fourth-order valence-electron chi connectivity index (χ4n) is 2.84. The van der Waals surface area contributed by atoms with Crippen LogP contribution in [0.25, 0.3) is 0 Å². The Kier molecular flexibility index (Phi) is 2.90. The summed E-state index contributed by atoms with van der Waals surface area (Å²) >= 11 is 0. The minimum atomic E-state index is -0.214. The molecule has 3 heteroatoms. The average molecular weight is 257 g/mol. The van der Waals surface area contributed by atoms with E-state index in [-0.39, 0.29) is 5.82 Å². The number of phenolic OH excluding ortho intramolecular Hbond substituents is 1. The molecule has 2 nitrogen and oxygen atoms in total. The second kappa shape index (κ2) is 4.57. The Morgan fingerprint density at radius 1 is 1.16 bits per heavy atom. The van der Waals surface area contributed by atoms with E-state index in [0.717, 1.165) is 18.5 Å². The minimum Gasteiger partial charge on any atom is -0.508 e. The molecule has 0 heterocycles. The predicted molar refractivity (Wildman–Crippen MR) is 74.0 cm³/mol. The Morgan fingerprint density at radius 2 is 1.89 bits per heavy atom. The van der Waals surface area contributed by atoms with Crippen LogP contribution in [0.1, 0.15) is 23.6 Å². The van der Waals surface area contributed by atoms with E-state index in [2.05, 4.69) is 4.90 Å². The molecular weight excluding hydrogens is 241 g/mol. The molecule has 0 aliphatic heterocycles. The Balaban J connectivity index is 1.91. The zero-order chi connectivity index (χ0) is 13.4. The van der Waals surface area contributed by atoms with Crippen LogP contribution in [-0.4, -0.2) is 12.2 Å². The van der Waals surface area contributed by atoms with E-state index in [4.69, 9.17) is 0 Å². The lowest BCUT2D eigenvalue weighted by atomic mass is 10.1. The van der Waals surface area contributed by atoms with Crippen LogP contribution < -0.4 is 4.90 Å². The van der Waals surface area contributed by atoms with Crippen molar-refractivity contribution in [1.29, 1.82) is 0 Å². The van der Waals surface area contributed by atoms with Gasteiger partial charge in [0, 0.05) is 12.7 Å². The van der Waals surface area contributed by atoms with Crippen molar-refractivity contribution in [3.05, 3.63) is 59.4 Å². The van der Waals surface area contributed by atoms with Gasteiger partial charge in [-0.3, -0.25) is 0 Å². The number of benzene rings is 2. The molecule has 1 aliphatic rings. The van der Waals surface area contributed by atoms with Crippen LogP contribution in [-0.2, 0) is 6.42 Å². The maximum atomic E-state index is 13.0. The molecule has 1 aliphatic carbocycles. The van der Waals surface area contributed by atoms with E-state index < -0.39 is 0 Å². The summed E-state index contributed by atoms with van der Waals surface area (Å²) in [5.41, 5.74) is 3.47. The molecular formula is C16H16FNO. The van der Waals surface area contributed by atoms with Crippen molar-refractivity contribution in [3.8, 4) is 5.75 Å². The summed E-state index contributed by atoms with van der Waals surface area (Å²) < 4.78 is 13.0. The van der Waals surface area contributed by atoms with Gasteiger partial charge in [0.2, 0.25) is 0 Å². The van der Waals surface area contributed by atoms with E-state index in [1.807, 2.05) is 19.2 Å². The molecule has 0 saturated heterocycles. The first kappa shape index (κ1) is 12.0. The molecule has 2 aromatic rings. The number of hydrogen-bond acceptors (Lipinski definition) is 2. The quantitative estimate of drug-likeness (QED) is 0.887. The van der Waals surface area contributed by atoms with Gasteiger partial charge in [-0.2, -0.15) is 0 Å². The van der Waals surface area contributed by atoms with Crippen LogP contribution in [0.3, 0.4) is 0 Å². The van der Waals surface area contributed by atoms with E-state index in [1.165, 1.54) is 23.3 Å². The molecule has 98 valence electrons. The molecule has 0 spiro atoms. The summed E-state index contributed by atoms with van der Waals surface area (Å²) in [7, 11) is 2.03. The highest BCUT2D eigenvalue weighted by Crippen LogP contribution is 2.38. The van der Waals surface area contributed by atoms with Crippen LogP contribution in [0.15, 0.2) is 42.5 Å². The first-order valence-corrected chi connectivity index (χ1v) is 6.45. The van der Waals surface area contributed by atoms with Crippen LogP contribution >= 0.6 is 0 Å². The van der Waals surface area contributed by atoms with Gasteiger partial charge in [-0.15, -0.1) is 0 Å². The molecule has 0 aromatic heterocycles. The third kappa shape index (κ3) is 2.16. The van der Waals surface area contributed by atoms with Crippen molar-refractivity contribution in [2.45, 2.75) is 18.9 Å². The van der Waals surface area contributed by atoms with Crippen molar-refractivity contribution < 1.29 is 9.50 Å². The summed E-state index contributed by atoms with van der Waals surface area (Å²) in [5.74, 6) is 0.109. The number of fused-ring (bicyclic) bond motifs is 1. The number of nitrogens with zero attached hydrogens (tertiary/aromatic N) is 1. The van der Waals surface area contributed by atoms with Crippen LogP contribution in [0, 0.1) is 5.82 Å². The van der Waals surface area contributed by atoms with Crippen LogP contribution in [0.2, 0.25) is 0 Å². The van der Waals surface area contributed by atoms with Gasteiger partial charge in [-0.05, 0) is 60.4 Å². The highest BCUT2D eigenvalue weighted by atomic mass is 19.1. The Labute approximate surface area is 112 Å². The number of hydrogen-bond donors (Lipinski definition) is 1. The van der Waals surface area contributed by atoms with Gasteiger partial charge in [0.1, 0.15) is 11.6 Å². The second-order valence-electron chi connectivity index (χ2n) is 5.02. The van der Waals surface area contributed by atoms with E-state index in [0.29, 0.717) is 11.8 Å². The lowest BCUT2D eigenvalue weighted by molar-refractivity contribution is 0.474. The molecule has 0 bridgehead atoms. The molecule has 1 atom stereocenters. The minimum absolute atomic E-state index is 0.214. The molecule has 0 fully saturated rings. The number of anilines is 1. The summed E-state index contributed by atoms with van der Waals surface area (Å²) in [5, 5.41) is 9.51. The number of halogens is 1. The van der Waals surface area contributed by atoms with Crippen LogP contribution in [0.4, 0.5) is 10.1 Å². The molecule has 0 amide bonds. The van der Waals surface area contributed by atoms with E-state index in [9.17, 15) is 9.50 Å². The van der Waals surface area contributed by atoms with Gasteiger partial charge in [0.15, 0.2) is 0 Å². The smallest absolute Gasteiger partial charge is 0.123 e. The molecule has 0 radical (unpaired) electrons. The normalized spacial score (nSPS) is 17.3. The van der Waals surface area contributed by atoms with Gasteiger partial charge in [-0.25, -0.2) is 4.39 Å². The third-order valence-corrected chi connectivity index (χ3v) is 3.87. The predicted octanol–water partition coefficient (Wildman–Crippen LogP) is 3.66. The summed E-state index contributed by atoms with van der Waals surface area (Å²) in [6.07, 6.45) is 1.99. The lowest BCUT2D eigenvalue weighted by Gasteiger charge is -2.27. The Bertz CT molecular complexity index is 594. The second-order valence-corrected chi connectivity index (χ2v) is 5.02. The van der Waals surface area contributed by atoms with Crippen molar-refractivity contribution in [2.75, 3.05) is 11.9 Å². The topological polar surface area (TPSA) is 23.5 Å². The van der Waals surface area contributed by atoms with Crippen molar-refractivity contribution in [1.82, 2.24) is 0 Å². The molecule has 19 heavy (non-hydrogen) atoms. The standard InChI is InChI=1S/C16H16FNO/c1-18(13-5-3-12(17)4-6-13)16-9-2-11-10-14(19)7-8-15(11)16/h3-8,10,16,19H,2,9H2,1H3. The maximum absolute atomic E-state index is 13.0. The van der Waals surface area contributed by atoms with Crippen molar-refractivity contribution >= 4 is 5.69 Å². The zero-order valence-corrected chi connectivity index (χ0v) is 10.8. The van der Waals surface area contributed by atoms with Gasteiger partial charge >= 0.3 is 0 Å². The number of aryl methyl sites for hydroxylation is 1. The lowest BCUT2D eigenvalue weighted by Crippen LogP contribution is -2.22. The number of rotatable bonds is 2. The first-order chi connectivity index (χ1) is 9.15. The van der Waals surface area contributed by atoms with Crippen molar-refractivity contribution in [2.24, 2.45) is 0 Å². The van der Waals surface area contributed by atoms with Gasteiger partial charge < -0.3 is 10.0 Å². The molecule has 0 saturated carbocycles. The Hall–Kier alpha value is -2.03. The first-order valence-electron chi connectivity index (χ1n) is 6.45. The van der Waals surface area contributed by atoms with Crippen LogP contribution in [0.5, 0.6) is 5.75 Å². The fourth-order valence-corrected chi connectivity index (χ4v) is 2.84. The summed E-state index contributed by atoms with van der Waals surface area (Å²) in [6, 6.07) is 12.4. The van der Waals surface area contributed by atoms with E-state index in [1.54, 1.807) is 18.2 Å². The van der Waals surface area contributed by atoms with Gasteiger partial charge in [0.05, 0.1) is 6.04 Å². The molecule has 2 aromatic carbocycles. The number of aromatic hydroxyl groups is 1. The Morgan fingerprint density at radius 3 is 2.63 bits per heavy atom. The van der Waals surface area contributed by atoms with Gasteiger partial charge in [0.25, 0.3) is 0 Å². The third-order valence-electron chi connectivity index (χ3n) is 3.87. The summed E-state index contributed by atoms with van der Waals surface area (Å²) in [6.45, 7) is 0. The molecule has 1 unspecified atom stereocenters. The van der Waals surface area contributed by atoms with E-state index >= 15 is 0 Å². The fraction of sp³-hybridized carbons (Fsp3) is 0.250. The molecule has 3 rings (SSSR count). The highest BCUT2D eigenvalue weighted by Gasteiger charge is 2.26. The average Bonchev–Trinajstić information content (AvgIpc) is 2.81.